The number of amides is 1. The molecule has 0 fully saturated rings. The highest BCUT2D eigenvalue weighted by Crippen LogP contribution is 2.34. The zero-order chi connectivity index (χ0) is 18.0. The molecule has 0 aliphatic carbocycles. The molecule has 1 heterocycles. The summed E-state index contributed by atoms with van der Waals surface area (Å²) in [6.45, 7) is 4.13. The second kappa shape index (κ2) is 6.64. The fourth-order valence-corrected chi connectivity index (χ4v) is 3.52. The first-order chi connectivity index (χ1) is 11.9. The minimum Gasteiger partial charge on any atom is -0.454 e. The van der Waals surface area contributed by atoms with E-state index < -0.39 is 10.0 Å². The highest BCUT2D eigenvalue weighted by Gasteiger charge is 2.20. The molecule has 2 aromatic carbocycles. The SMILES string of the molecule is CCNC(=O)c1cc(S(=O)(=O)Nc2ccc3c(c2)OCO3)ccc1C. The Morgan fingerprint density at radius 3 is 2.64 bits per heavy atom. The van der Waals surface area contributed by atoms with Crippen LogP contribution >= 0.6 is 0 Å². The van der Waals surface area contributed by atoms with E-state index in [4.69, 9.17) is 9.47 Å². The fourth-order valence-electron chi connectivity index (χ4n) is 2.44. The van der Waals surface area contributed by atoms with E-state index in [1.165, 1.54) is 12.1 Å². The summed E-state index contributed by atoms with van der Waals surface area (Å²) in [5.74, 6) is 0.740. The van der Waals surface area contributed by atoms with Crippen molar-refractivity contribution in [1.82, 2.24) is 5.32 Å². The van der Waals surface area contributed by atoms with Gasteiger partial charge in [0.15, 0.2) is 11.5 Å². The van der Waals surface area contributed by atoms with Gasteiger partial charge in [0.1, 0.15) is 0 Å². The number of carbonyl (C=O) groups excluding carboxylic acids is 1. The maximum Gasteiger partial charge on any atom is 0.261 e. The summed E-state index contributed by atoms with van der Waals surface area (Å²) in [6.07, 6.45) is 0. The number of ether oxygens (including phenoxy) is 2. The van der Waals surface area contributed by atoms with Gasteiger partial charge < -0.3 is 14.8 Å². The van der Waals surface area contributed by atoms with Crippen LogP contribution in [0.1, 0.15) is 22.8 Å². The molecule has 0 radical (unpaired) electrons. The molecule has 0 unspecified atom stereocenters. The lowest BCUT2D eigenvalue weighted by molar-refractivity contribution is 0.0955. The normalized spacial score (nSPS) is 12.7. The molecular formula is C17H18N2O5S. The van der Waals surface area contributed by atoms with Crippen LogP contribution in [0.2, 0.25) is 0 Å². The molecule has 1 aliphatic heterocycles. The molecule has 7 nitrogen and oxygen atoms in total. The van der Waals surface area contributed by atoms with Crippen molar-refractivity contribution in [2.75, 3.05) is 18.1 Å². The quantitative estimate of drug-likeness (QED) is 0.851. The molecule has 0 atom stereocenters. The van der Waals surface area contributed by atoms with Gasteiger partial charge in [-0.05, 0) is 43.7 Å². The van der Waals surface area contributed by atoms with Crippen molar-refractivity contribution in [1.29, 1.82) is 0 Å². The van der Waals surface area contributed by atoms with Gasteiger partial charge >= 0.3 is 0 Å². The van der Waals surface area contributed by atoms with Gasteiger partial charge in [-0.25, -0.2) is 8.42 Å². The van der Waals surface area contributed by atoms with Crippen LogP contribution in [-0.4, -0.2) is 27.7 Å². The summed E-state index contributed by atoms with van der Waals surface area (Å²) in [5, 5.41) is 2.67. The van der Waals surface area contributed by atoms with Crippen LogP contribution in [0.4, 0.5) is 5.69 Å². The summed E-state index contributed by atoms with van der Waals surface area (Å²) in [4.78, 5) is 12.1. The average molecular weight is 362 g/mol. The predicted molar refractivity (Wildman–Crippen MR) is 92.6 cm³/mol. The maximum absolute atomic E-state index is 12.6. The van der Waals surface area contributed by atoms with E-state index >= 15 is 0 Å². The standard InChI is InChI=1S/C17H18N2O5S/c1-3-18-17(20)14-9-13(6-4-11(14)2)25(21,22)19-12-5-7-15-16(8-12)24-10-23-15/h4-9,19H,3,10H2,1-2H3,(H,18,20). The Morgan fingerprint density at radius 1 is 1.12 bits per heavy atom. The van der Waals surface area contributed by atoms with Crippen LogP contribution in [-0.2, 0) is 10.0 Å². The average Bonchev–Trinajstić information content (AvgIpc) is 3.02. The zero-order valence-corrected chi connectivity index (χ0v) is 14.6. The summed E-state index contributed by atoms with van der Waals surface area (Å²) in [7, 11) is -3.84. The fraction of sp³-hybridized carbons (Fsp3) is 0.235. The largest absolute Gasteiger partial charge is 0.454 e. The maximum atomic E-state index is 12.6. The van der Waals surface area contributed by atoms with Crippen molar-refractivity contribution >= 4 is 21.6 Å². The summed E-state index contributed by atoms with van der Waals surface area (Å²) in [5.41, 5.74) is 1.38. The van der Waals surface area contributed by atoms with E-state index in [0.29, 0.717) is 34.9 Å². The molecule has 0 aromatic heterocycles. The van der Waals surface area contributed by atoms with Crippen LogP contribution in [0.5, 0.6) is 11.5 Å². The van der Waals surface area contributed by atoms with E-state index in [1.807, 2.05) is 0 Å². The van der Waals surface area contributed by atoms with Gasteiger partial charge in [-0.3, -0.25) is 9.52 Å². The number of anilines is 1. The first kappa shape index (κ1) is 17.1. The number of carbonyl (C=O) groups is 1. The van der Waals surface area contributed by atoms with Gasteiger partial charge in [-0.1, -0.05) is 6.07 Å². The monoisotopic (exact) mass is 362 g/mol. The first-order valence-corrected chi connectivity index (χ1v) is 9.20. The lowest BCUT2D eigenvalue weighted by Crippen LogP contribution is -2.24. The third kappa shape index (κ3) is 3.53. The lowest BCUT2D eigenvalue weighted by atomic mass is 10.1. The van der Waals surface area contributed by atoms with Gasteiger partial charge in [-0.2, -0.15) is 0 Å². The van der Waals surface area contributed by atoms with Crippen LogP contribution < -0.4 is 19.5 Å². The molecule has 0 spiro atoms. The summed E-state index contributed by atoms with van der Waals surface area (Å²) < 4.78 is 38.2. The van der Waals surface area contributed by atoms with Gasteiger partial charge in [0, 0.05) is 18.2 Å². The van der Waals surface area contributed by atoms with Gasteiger partial charge in [0.25, 0.3) is 15.9 Å². The highest BCUT2D eigenvalue weighted by atomic mass is 32.2. The van der Waals surface area contributed by atoms with E-state index in [-0.39, 0.29) is 17.6 Å². The van der Waals surface area contributed by atoms with Crippen molar-refractivity contribution in [3.63, 3.8) is 0 Å². The Kier molecular flexibility index (Phi) is 4.54. The third-order valence-electron chi connectivity index (χ3n) is 3.73. The second-order valence-corrected chi connectivity index (χ2v) is 7.19. The number of benzene rings is 2. The Morgan fingerprint density at radius 2 is 1.88 bits per heavy atom. The molecule has 3 rings (SSSR count). The van der Waals surface area contributed by atoms with E-state index in [1.54, 1.807) is 38.1 Å². The molecule has 0 bridgehead atoms. The smallest absolute Gasteiger partial charge is 0.261 e. The Bertz CT molecular complexity index is 925. The van der Waals surface area contributed by atoms with Crippen LogP contribution in [0.3, 0.4) is 0 Å². The Hall–Kier alpha value is -2.74. The summed E-state index contributed by atoms with van der Waals surface area (Å²) in [6, 6.07) is 9.22. The van der Waals surface area contributed by atoms with Crippen molar-refractivity contribution in [2.24, 2.45) is 0 Å². The van der Waals surface area contributed by atoms with Gasteiger partial charge in [-0.15, -0.1) is 0 Å². The molecular weight excluding hydrogens is 344 g/mol. The number of fused-ring (bicyclic) bond motifs is 1. The van der Waals surface area contributed by atoms with Crippen LogP contribution in [0.15, 0.2) is 41.3 Å². The molecule has 1 amide bonds. The molecule has 25 heavy (non-hydrogen) atoms. The number of nitrogens with one attached hydrogen (secondary N) is 2. The summed E-state index contributed by atoms with van der Waals surface area (Å²) >= 11 is 0. The Balaban J connectivity index is 1.89. The third-order valence-corrected chi connectivity index (χ3v) is 5.11. The molecule has 8 heteroatoms. The van der Waals surface area contributed by atoms with Crippen LogP contribution in [0, 0.1) is 6.92 Å². The molecule has 0 saturated carbocycles. The number of sulfonamides is 1. The minimum absolute atomic E-state index is 0.0111. The molecule has 1 aliphatic rings. The number of hydrogen-bond donors (Lipinski definition) is 2. The predicted octanol–water partition coefficient (Wildman–Crippen LogP) is 2.27. The topological polar surface area (TPSA) is 93.7 Å². The number of aryl methyl sites for hydroxylation is 1. The van der Waals surface area contributed by atoms with E-state index in [0.717, 1.165) is 0 Å². The highest BCUT2D eigenvalue weighted by molar-refractivity contribution is 7.92. The minimum atomic E-state index is -3.84. The first-order valence-electron chi connectivity index (χ1n) is 7.72. The molecule has 2 aromatic rings. The zero-order valence-electron chi connectivity index (χ0n) is 13.8. The molecule has 2 N–H and O–H groups in total. The number of hydrogen-bond acceptors (Lipinski definition) is 5. The van der Waals surface area contributed by atoms with Gasteiger partial charge in [0.2, 0.25) is 6.79 Å². The molecule has 0 saturated heterocycles. The van der Waals surface area contributed by atoms with Crippen LogP contribution in [0.25, 0.3) is 0 Å². The van der Waals surface area contributed by atoms with Crippen molar-refractivity contribution in [2.45, 2.75) is 18.7 Å². The van der Waals surface area contributed by atoms with Crippen molar-refractivity contribution < 1.29 is 22.7 Å². The second-order valence-electron chi connectivity index (χ2n) is 5.51. The van der Waals surface area contributed by atoms with Gasteiger partial charge in [0.05, 0.1) is 10.6 Å². The lowest BCUT2D eigenvalue weighted by Gasteiger charge is -2.11. The molecule has 132 valence electrons. The van der Waals surface area contributed by atoms with Crippen molar-refractivity contribution in [3.05, 3.63) is 47.5 Å². The Labute approximate surface area is 146 Å². The number of rotatable bonds is 5. The van der Waals surface area contributed by atoms with Crippen molar-refractivity contribution in [3.8, 4) is 11.5 Å². The van der Waals surface area contributed by atoms with E-state index in [9.17, 15) is 13.2 Å². The van der Waals surface area contributed by atoms with E-state index in [2.05, 4.69) is 10.0 Å².